The van der Waals surface area contributed by atoms with Gasteiger partial charge in [0.25, 0.3) is 0 Å². The van der Waals surface area contributed by atoms with Crippen LogP contribution in [0.3, 0.4) is 0 Å². The highest BCUT2D eigenvalue weighted by atomic mass is 16.7. The minimum Gasteiger partial charge on any atom is -0.497 e. The Bertz CT molecular complexity index is 1080. The van der Waals surface area contributed by atoms with E-state index in [9.17, 15) is 0 Å². The Morgan fingerprint density at radius 3 is 1.74 bits per heavy atom. The highest BCUT2D eigenvalue weighted by Crippen LogP contribution is 2.43. The van der Waals surface area contributed by atoms with Gasteiger partial charge in [-0.2, -0.15) is 0 Å². The molecule has 5 rings (SSSR count). The van der Waals surface area contributed by atoms with Crippen LogP contribution in [-0.2, 0) is 21.6 Å². The zero-order chi connectivity index (χ0) is 23.9. The SMILES string of the molecule is COc1ccc(COC2CN(C(c3ccccc3)(c3ccccc3)c3ccccc3)CCO2)cc1. The monoisotopic (exact) mass is 465 g/mol. The van der Waals surface area contributed by atoms with Crippen LogP contribution in [0.2, 0.25) is 0 Å². The predicted molar refractivity (Wildman–Crippen MR) is 138 cm³/mol. The summed E-state index contributed by atoms with van der Waals surface area (Å²) >= 11 is 0. The van der Waals surface area contributed by atoms with Crippen LogP contribution in [0.25, 0.3) is 0 Å². The number of nitrogens with zero attached hydrogens (tertiary/aromatic N) is 1. The maximum absolute atomic E-state index is 6.27. The summed E-state index contributed by atoms with van der Waals surface area (Å²) in [6, 6.07) is 40.3. The molecule has 0 saturated carbocycles. The second kappa shape index (κ2) is 10.9. The molecule has 0 aliphatic carbocycles. The molecule has 0 spiro atoms. The highest BCUT2D eigenvalue weighted by Gasteiger charge is 2.44. The first-order valence-electron chi connectivity index (χ1n) is 12.1. The third kappa shape index (κ3) is 4.87. The van der Waals surface area contributed by atoms with Gasteiger partial charge in [0.2, 0.25) is 0 Å². The average Bonchev–Trinajstić information content (AvgIpc) is 2.95. The molecule has 1 atom stereocenters. The summed E-state index contributed by atoms with van der Waals surface area (Å²) in [5.74, 6) is 0.840. The molecule has 0 amide bonds. The molecule has 178 valence electrons. The van der Waals surface area contributed by atoms with Gasteiger partial charge in [0.05, 0.1) is 32.4 Å². The van der Waals surface area contributed by atoms with Crippen LogP contribution >= 0.6 is 0 Å². The number of benzene rings is 4. The van der Waals surface area contributed by atoms with E-state index in [0.29, 0.717) is 19.8 Å². The van der Waals surface area contributed by atoms with Gasteiger partial charge in [0.1, 0.15) is 5.75 Å². The van der Waals surface area contributed by atoms with Crippen LogP contribution in [0, 0.1) is 0 Å². The van der Waals surface area contributed by atoms with Gasteiger partial charge < -0.3 is 14.2 Å². The molecule has 0 N–H and O–H groups in total. The van der Waals surface area contributed by atoms with E-state index in [1.165, 1.54) is 16.7 Å². The van der Waals surface area contributed by atoms with Gasteiger partial charge in [-0.3, -0.25) is 4.90 Å². The summed E-state index contributed by atoms with van der Waals surface area (Å²) in [6.45, 7) is 2.52. The number of hydrogen-bond donors (Lipinski definition) is 0. The maximum Gasteiger partial charge on any atom is 0.170 e. The molecule has 4 aromatic carbocycles. The summed E-state index contributed by atoms with van der Waals surface area (Å²) in [4.78, 5) is 2.51. The molecule has 1 aliphatic rings. The Labute approximate surface area is 207 Å². The third-order valence-corrected chi connectivity index (χ3v) is 6.68. The van der Waals surface area contributed by atoms with Crippen LogP contribution in [-0.4, -0.2) is 38.0 Å². The van der Waals surface area contributed by atoms with E-state index >= 15 is 0 Å². The fourth-order valence-corrected chi connectivity index (χ4v) is 5.02. The zero-order valence-corrected chi connectivity index (χ0v) is 20.0. The van der Waals surface area contributed by atoms with Crippen molar-refractivity contribution in [2.45, 2.75) is 18.4 Å². The van der Waals surface area contributed by atoms with E-state index in [4.69, 9.17) is 14.2 Å². The number of rotatable bonds is 8. The minimum absolute atomic E-state index is 0.332. The lowest BCUT2D eigenvalue weighted by Crippen LogP contribution is -2.55. The van der Waals surface area contributed by atoms with Crippen molar-refractivity contribution in [3.8, 4) is 5.75 Å². The molecule has 4 heteroatoms. The van der Waals surface area contributed by atoms with E-state index in [0.717, 1.165) is 17.9 Å². The fraction of sp³-hybridized carbons (Fsp3) is 0.226. The van der Waals surface area contributed by atoms with Gasteiger partial charge in [-0.05, 0) is 34.4 Å². The largest absolute Gasteiger partial charge is 0.497 e. The first-order valence-corrected chi connectivity index (χ1v) is 12.1. The molecule has 1 aliphatic heterocycles. The molecule has 1 saturated heterocycles. The normalized spacial score (nSPS) is 16.7. The quantitative estimate of drug-likeness (QED) is 0.305. The molecule has 4 aromatic rings. The third-order valence-electron chi connectivity index (χ3n) is 6.68. The predicted octanol–water partition coefficient (Wildman–Crippen LogP) is 5.86. The zero-order valence-electron chi connectivity index (χ0n) is 20.0. The van der Waals surface area contributed by atoms with E-state index in [-0.39, 0.29) is 6.29 Å². The van der Waals surface area contributed by atoms with Gasteiger partial charge >= 0.3 is 0 Å². The minimum atomic E-state index is -0.463. The van der Waals surface area contributed by atoms with Crippen LogP contribution in [0.4, 0.5) is 0 Å². The van der Waals surface area contributed by atoms with Crippen LogP contribution in [0.1, 0.15) is 22.3 Å². The summed E-state index contributed by atoms with van der Waals surface area (Å²) in [5, 5.41) is 0. The van der Waals surface area contributed by atoms with Gasteiger partial charge in [0.15, 0.2) is 6.29 Å². The second-order valence-corrected chi connectivity index (χ2v) is 8.71. The lowest BCUT2D eigenvalue weighted by molar-refractivity contribution is -0.194. The Balaban J connectivity index is 1.50. The molecule has 35 heavy (non-hydrogen) atoms. The Kier molecular flexibility index (Phi) is 7.24. The number of hydrogen-bond acceptors (Lipinski definition) is 4. The smallest absolute Gasteiger partial charge is 0.170 e. The van der Waals surface area contributed by atoms with Crippen LogP contribution in [0.5, 0.6) is 5.75 Å². The number of ether oxygens (including phenoxy) is 3. The average molecular weight is 466 g/mol. The van der Waals surface area contributed by atoms with Crippen molar-refractivity contribution in [3.63, 3.8) is 0 Å². The highest BCUT2D eigenvalue weighted by molar-refractivity contribution is 5.49. The molecule has 4 nitrogen and oxygen atoms in total. The standard InChI is InChI=1S/C31H31NO3/c1-33-29-19-17-25(18-20-29)24-35-30-23-32(21-22-34-30)31(26-11-5-2-6-12-26,27-13-7-3-8-14-27)28-15-9-4-10-16-28/h2-20,30H,21-24H2,1H3. The Hall–Kier alpha value is -3.44. The lowest BCUT2D eigenvalue weighted by atomic mass is 9.75. The van der Waals surface area contributed by atoms with Crippen molar-refractivity contribution in [2.24, 2.45) is 0 Å². The van der Waals surface area contributed by atoms with Crippen molar-refractivity contribution >= 4 is 0 Å². The lowest BCUT2D eigenvalue weighted by Gasteiger charge is -2.48. The summed E-state index contributed by atoms with van der Waals surface area (Å²) in [6.07, 6.45) is -0.332. The second-order valence-electron chi connectivity index (χ2n) is 8.71. The molecule has 1 unspecified atom stereocenters. The van der Waals surface area contributed by atoms with Gasteiger partial charge in [-0.25, -0.2) is 0 Å². The van der Waals surface area contributed by atoms with E-state index in [1.54, 1.807) is 7.11 Å². The van der Waals surface area contributed by atoms with Crippen molar-refractivity contribution in [1.82, 2.24) is 4.90 Å². The molecule has 0 radical (unpaired) electrons. The Morgan fingerprint density at radius 1 is 0.743 bits per heavy atom. The van der Waals surface area contributed by atoms with Gasteiger partial charge in [-0.15, -0.1) is 0 Å². The molecule has 0 aromatic heterocycles. The van der Waals surface area contributed by atoms with E-state index in [2.05, 4.69) is 95.9 Å². The van der Waals surface area contributed by atoms with E-state index in [1.807, 2.05) is 24.3 Å². The fourth-order valence-electron chi connectivity index (χ4n) is 5.02. The van der Waals surface area contributed by atoms with Crippen molar-refractivity contribution in [1.29, 1.82) is 0 Å². The molecular weight excluding hydrogens is 434 g/mol. The number of methoxy groups -OCH3 is 1. The van der Waals surface area contributed by atoms with Crippen LogP contribution < -0.4 is 4.74 Å². The number of morpholine rings is 1. The van der Waals surface area contributed by atoms with E-state index < -0.39 is 5.54 Å². The van der Waals surface area contributed by atoms with Crippen molar-refractivity contribution in [2.75, 3.05) is 26.8 Å². The van der Waals surface area contributed by atoms with Crippen LogP contribution in [0.15, 0.2) is 115 Å². The van der Waals surface area contributed by atoms with Gasteiger partial charge in [0, 0.05) is 6.54 Å². The first-order chi connectivity index (χ1) is 17.3. The Morgan fingerprint density at radius 2 is 1.26 bits per heavy atom. The van der Waals surface area contributed by atoms with Crippen molar-refractivity contribution < 1.29 is 14.2 Å². The first kappa shape index (κ1) is 23.3. The topological polar surface area (TPSA) is 30.9 Å². The van der Waals surface area contributed by atoms with Crippen molar-refractivity contribution in [3.05, 3.63) is 138 Å². The summed E-state index contributed by atoms with van der Waals surface area (Å²) in [5.41, 5.74) is 4.32. The molecule has 1 fully saturated rings. The maximum atomic E-state index is 6.27. The summed E-state index contributed by atoms with van der Waals surface area (Å²) < 4.78 is 17.6. The molecule has 1 heterocycles. The van der Waals surface area contributed by atoms with Gasteiger partial charge in [-0.1, -0.05) is 103 Å². The molecular formula is C31H31NO3. The molecule has 0 bridgehead atoms. The summed E-state index contributed by atoms with van der Waals surface area (Å²) in [7, 11) is 1.68.